The van der Waals surface area contributed by atoms with Gasteiger partial charge in [0.25, 0.3) is 0 Å². The summed E-state index contributed by atoms with van der Waals surface area (Å²) in [6.45, 7) is -0.00611. The molecule has 0 radical (unpaired) electrons. The van der Waals surface area contributed by atoms with Crippen LogP contribution in [-0.4, -0.2) is 35.9 Å². The molecule has 0 aliphatic heterocycles. The van der Waals surface area contributed by atoms with Gasteiger partial charge in [-0.2, -0.15) is 10.1 Å². The van der Waals surface area contributed by atoms with Crippen molar-refractivity contribution < 1.29 is 19.3 Å². The number of hydrogen-bond donors (Lipinski definition) is 1. The molecule has 3 rings (SSSR count). The lowest BCUT2D eigenvalue weighted by Crippen LogP contribution is -2.04. The van der Waals surface area contributed by atoms with Gasteiger partial charge in [0, 0.05) is 5.92 Å². The van der Waals surface area contributed by atoms with Gasteiger partial charge in [-0.1, -0.05) is 5.16 Å². The molecule has 0 spiro atoms. The lowest BCUT2D eigenvalue weighted by Gasteiger charge is -1.92. The summed E-state index contributed by atoms with van der Waals surface area (Å²) < 4.78 is 6.10. The summed E-state index contributed by atoms with van der Waals surface area (Å²) >= 11 is 0. The van der Waals surface area contributed by atoms with Crippen LogP contribution >= 0.6 is 0 Å². The maximum Gasteiger partial charge on any atom is 0.363 e. The Morgan fingerprint density at radius 2 is 2.35 bits per heavy atom. The van der Waals surface area contributed by atoms with E-state index in [2.05, 4.69) is 15.2 Å². The predicted octanol–water partition coefficient (Wildman–Crippen LogP) is 0.798. The minimum Gasteiger partial charge on any atom is -0.476 e. The molecule has 1 saturated carbocycles. The zero-order chi connectivity index (χ0) is 14.3. The van der Waals surface area contributed by atoms with Crippen LogP contribution in [0.4, 0.5) is 5.69 Å². The monoisotopic (exact) mass is 279 g/mol. The summed E-state index contributed by atoms with van der Waals surface area (Å²) in [5, 5.41) is 27.0. The molecule has 0 saturated heterocycles. The van der Waals surface area contributed by atoms with Crippen LogP contribution < -0.4 is 0 Å². The van der Waals surface area contributed by atoms with Crippen molar-refractivity contribution in [3.63, 3.8) is 0 Å². The Bertz CT molecular complexity index is 655. The first-order valence-electron chi connectivity index (χ1n) is 5.82. The van der Waals surface area contributed by atoms with Crippen LogP contribution in [0, 0.1) is 10.1 Å². The maximum atomic E-state index is 10.9. The van der Waals surface area contributed by atoms with Crippen molar-refractivity contribution >= 4 is 11.7 Å². The van der Waals surface area contributed by atoms with Crippen molar-refractivity contribution in [1.82, 2.24) is 19.9 Å². The molecule has 0 bridgehead atoms. The first-order valence-corrected chi connectivity index (χ1v) is 5.82. The average Bonchev–Trinajstić information content (AvgIpc) is 2.98. The van der Waals surface area contributed by atoms with E-state index < -0.39 is 22.3 Å². The zero-order valence-corrected chi connectivity index (χ0v) is 10.1. The number of carboxylic acids is 1. The standard InChI is InChI=1S/C10H9N5O5/c16-10(17)8-6(15(18)19)3-14(12-8)4-7-11-9(13-20-7)5-1-2-5/h3,5H,1-2,4H2,(H,16,17). The van der Waals surface area contributed by atoms with E-state index in [1.165, 1.54) is 0 Å². The Morgan fingerprint density at radius 1 is 1.60 bits per heavy atom. The van der Waals surface area contributed by atoms with E-state index in [9.17, 15) is 14.9 Å². The number of rotatable bonds is 5. The molecule has 0 aromatic carbocycles. The number of nitrogens with zero attached hydrogens (tertiary/aromatic N) is 5. The van der Waals surface area contributed by atoms with Crippen molar-refractivity contribution in [3.05, 3.63) is 33.7 Å². The fourth-order valence-corrected chi connectivity index (χ4v) is 1.76. The second-order valence-electron chi connectivity index (χ2n) is 4.44. The normalized spacial score (nSPS) is 14.4. The Labute approximate surface area is 111 Å². The highest BCUT2D eigenvalue weighted by molar-refractivity contribution is 5.89. The fraction of sp³-hybridized carbons (Fsp3) is 0.400. The van der Waals surface area contributed by atoms with Gasteiger partial charge >= 0.3 is 11.7 Å². The summed E-state index contributed by atoms with van der Waals surface area (Å²) in [7, 11) is 0. The highest BCUT2D eigenvalue weighted by atomic mass is 16.6. The molecule has 0 unspecified atom stereocenters. The Hall–Kier alpha value is -2.78. The van der Waals surface area contributed by atoms with E-state index in [1.807, 2.05) is 0 Å². The van der Waals surface area contributed by atoms with Crippen LogP contribution in [-0.2, 0) is 6.54 Å². The first kappa shape index (κ1) is 12.3. The van der Waals surface area contributed by atoms with Crippen LogP contribution in [0.1, 0.15) is 41.0 Å². The maximum absolute atomic E-state index is 10.9. The molecule has 2 aromatic rings. The third-order valence-corrected chi connectivity index (χ3v) is 2.87. The van der Waals surface area contributed by atoms with Gasteiger partial charge in [0.15, 0.2) is 5.82 Å². The van der Waals surface area contributed by atoms with Gasteiger partial charge in [-0.15, -0.1) is 0 Å². The molecule has 10 nitrogen and oxygen atoms in total. The van der Waals surface area contributed by atoms with Gasteiger partial charge in [-0.3, -0.25) is 14.8 Å². The lowest BCUT2D eigenvalue weighted by molar-refractivity contribution is -0.385. The second-order valence-corrected chi connectivity index (χ2v) is 4.44. The van der Waals surface area contributed by atoms with Gasteiger partial charge in [0.1, 0.15) is 12.7 Å². The van der Waals surface area contributed by atoms with Gasteiger partial charge in [-0.05, 0) is 12.8 Å². The summed E-state index contributed by atoms with van der Waals surface area (Å²) in [5.41, 5.74) is -1.18. The van der Waals surface area contributed by atoms with Crippen molar-refractivity contribution in [2.75, 3.05) is 0 Å². The predicted molar refractivity (Wildman–Crippen MR) is 61.2 cm³/mol. The molecule has 1 aliphatic rings. The topological polar surface area (TPSA) is 137 Å². The van der Waals surface area contributed by atoms with E-state index in [0.717, 1.165) is 23.7 Å². The van der Waals surface area contributed by atoms with Crippen LogP contribution in [0.5, 0.6) is 0 Å². The molecular formula is C10H9N5O5. The minimum absolute atomic E-state index is 0.00611. The van der Waals surface area contributed by atoms with Crippen molar-refractivity contribution in [1.29, 1.82) is 0 Å². The lowest BCUT2D eigenvalue weighted by atomic mass is 10.4. The van der Waals surface area contributed by atoms with Gasteiger partial charge in [0.05, 0.1) is 4.92 Å². The Balaban J connectivity index is 1.84. The Morgan fingerprint density at radius 3 is 2.90 bits per heavy atom. The highest BCUT2D eigenvalue weighted by Crippen LogP contribution is 2.38. The number of nitro groups is 1. The van der Waals surface area contributed by atoms with Gasteiger partial charge in [-0.25, -0.2) is 4.79 Å². The van der Waals surface area contributed by atoms with Gasteiger partial charge in [0.2, 0.25) is 11.6 Å². The minimum atomic E-state index is -1.46. The third-order valence-electron chi connectivity index (χ3n) is 2.87. The number of aromatic nitrogens is 4. The number of carboxylic acid groups (broad SMARTS) is 1. The quantitative estimate of drug-likeness (QED) is 0.626. The zero-order valence-electron chi connectivity index (χ0n) is 10.1. The second kappa shape index (κ2) is 4.40. The SMILES string of the molecule is O=C(O)c1nn(Cc2nc(C3CC3)no2)cc1[N+](=O)[O-]. The third kappa shape index (κ3) is 2.22. The summed E-state index contributed by atoms with van der Waals surface area (Å²) in [6, 6.07) is 0. The molecule has 0 atom stereocenters. The van der Waals surface area contributed by atoms with E-state index in [4.69, 9.17) is 9.63 Å². The molecule has 0 amide bonds. The molecule has 2 aromatic heterocycles. The van der Waals surface area contributed by atoms with Gasteiger partial charge < -0.3 is 9.63 Å². The Kier molecular flexibility index (Phi) is 2.70. The molecule has 2 heterocycles. The highest BCUT2D eigenvalue weighted by Gasteiger charge is 2.29. The summed E-state index contributed by atoms with van der Waals surface area (Å²) in [4.78, 5) is 24.9. The number of aromatic carboxylic acids is 1. The molecule has 1 fully saturated rings. The van der Waals surface area contributed by atoms with Crippen LogP contribution in [0.25, 0.3) is 0 Å². The van der Waals surface area contributed by atoms with Crippen LogP contribution in [0.15, 0.2) is 10.7 Å². The fourth-order valence-electron chi connectivity index (χ4n) is 1.76. The average molecular weight is 279 g/mol. The number of carbonyl (C=O) groups is 1. The van der Waals surface area contributed by atoms with E-state index in [0.29, 0.717) is 11.7 Å². The molecule has 104 valence electrons. The van der Waals surface area contributed by atoms with E-state index in [1.54, 1.807) is 0 Å². The molecule has 1 aliphatic carbocycles. The summed E-state index contributed by atoms with van der Waals surface area (Å²) in [6.07, 6.45) is 3.08. The number of hydrogen-bond acceptors (Lipinski definition) is 7. The van der Waals surface area contributed by atoms with Crippen molar-refractivity contribution in [3.8, 4) is 0 Å². The van der Waals surface area contributed by atoms with Crippen molar-refractivity contribution in [2.24, 2.45) is 0 Å². The summed E-state index contributed by atoms with van der Waals surface area (Å²) in [5.74, 6) is -0.282. The molecule has 10 heteroatoms. The molecule has 1 N–H and O–H groups in total. The van der Waals surface area contributed by atoms with Crippen molar-refractivity contribution in [2.45, 2.75) is 25.3 Å². The largest absolute Gasteiger partial charge is 0.476 e. The van der Waals surface area contributed by atoms with E-state index in [-0.39, 0.29) is 12.4 Å². The van der Waals surface area contributed by atoms with Crippen LogP contribution in [0.2, 0.25) is 0 Å². The molecular weight excluding hydrogens is 270 g/mol. The molecule has 20 heavy (non-hydrogen) atoms. The smallest absolute Gasteiger partial charge is 0.363 e. The van der Waals surface area contributed by atoms with Crippen LogP contribution in [0.3, 0.4) is 0 Å². The first-order chi connectivity index (χ1) is 9.54. The van der Waals surface area contributed by atoms with E-state index >= 15 is 0 Å².